The molecule has 2 N–H and O–H groups in total. The average molecular weight is 245 g/mol. The van der Waals surface area contributed by atoms with Crippen molar-refractivity contribution < 1.29 is 4.74 Å². The minimum atomic E-state index is -0.731. The predicted octanol–water partition coefficient (Wildman–Crippen LogP) is 1.90. The zero-order valence-electron chi connectivity index (χ0n) is 10.9. The van der Waals surface area contributed by atoms with Crippen molar-refractivity contribution in [1.29, 1.82) is 5.26 Å². The highest BCUT2D eigenvalue weighted by Crippen LogP contribution is 2.33. The summed E-state index contributed by atoms with van der Waals surface area (Å²) in [7, 11) is 0. The van der Waals surface area contributed by atoms with E-state index in [1.54, 1.807) is 0 Å². The molecule has 0 radical (unpaired) electrons. The monoisotopic (exact) mass is 245 g/mol. The van der Waals surface area contributed by atoms with Crippen LogP contribution in [0.2, 0.25) is 0 Å². The van der Waals surface area contributed by atoms with Crippen LogP contribution in [-0.2, 0) is 0 Å². The number of para-hydroxylation sites is 2. The maximum atomic E-state index is 9.07. The number of nitriles is 1. The van der Waals surface area contributed by atoms with Gasteiger partial charge in [0.1, 0.15) is 11.3 Å². The Morgan fingerprint density at radius 1 is 1.44 bits per heavy atom. The van der Waals surface area contributed by atoms with Crippen LogP contribution >= 0.6 is 0 Å². The molecule has 4 heteroatoms. The average Bonchev–Trinajstić information content (AvgIpc) is 2.73. The summed E-state index contributed by atoms with van der Waals surface area (Å²) in [5.41, 5.74) is 6.28. The van der Waals surface area contributed by atoms with Crippen LogP contribution in [0.15, 0.2) is 24.3 Å². The van der Waals surface area contributed by atoms with E-state index >= 15 is 0 Å². The lowest BCUT2D eigenvalue weighted by molar-refractivity contribution is 0.243. The van der Waals surface area contributed by atoms with Crippen molar-refractivity contribution >= 4 is 5.69 Å². The summed E-state index contributed by atoms with van der Waals surface area (Å²) in [5.74, 6) is 0.856. The second-order valence-electron chi connectivity index (χ2n) is 5.07. The summed E-state index contributed by atoms with van der Waals surface area (Å²) in [5, 5.41) is 9.07. The van der Waals surface area contributed by atoms with Crippen molar-refractivity contribution in [1.82, 2.24) is 0 Å². The lowest BCUT2D eigenvalue weighted by Gasteiger charge is -2.23. The summed E-state index contributed by atoms with van der Waals surface area (Å²) < 4.78 is 5.79. The fourth-order valence-corrected chi connectivity index (χ4v) is 2.20. The quantitative estimate of drug-likeness (QED) is 0.883. The molecule has 0 aliphatic carbocycles. The van der Waals surface area contributed by atoms with Crippen molar-refractivity contribution in [3.63, 3.8) is 0 Å². The minimum absolute atomic E-state index is 0.132. The third-order valence-electron chi connectivity index (χ3n) is 3.09. The summed E-state index contributed by atoms with van der Waals surface area (Å²) in [4.78, 5) is 2.13. The molecule has 4 nitrogen and oxygen atoms in total. The van der Waals surface area contributed by atoms with Crippen molar-refractivity contribution in [3.8, 4) is 11.8 Å². The Morgan fingerprint density at radius 3 is 2.78 bits per heavy atom. The molecule has 1 aliphatic rings. The van der Waals surface area contributed by atoms with Gasteiger partial charge in [-0.05, 0) is 32.4 Å². The van der Waals surface area contributed by atoms with Gasteiger partial charge in [-0.15, -0.1) is 0 Å². The Balaban J connectivity index is 2.22. The largest absolute Gasteiger partial charge is 0.489 e. The van der Waals surface area contributed by atoms with Gasteiger partial charge in [-0.1, -0.05) is 12.1 Å². The molecule has 0 aromatic heterocycles. The highest BCUT2D eigenvalue weighted by Gasteiger charge is 2.35. The molecule has 0 spiro atoms. The molecule has 1 aliphatic heterocycles. The van der Waals surface area contributed by atoms with Crippen LogP contribution in [0.4, 0.5) is 5.69 Å². The van der Waals surface area contributed by atoms with Crippen LogP contribution in [0.5, 0.6) is 5.75 Å². The Morgan fingerprint density at radius 2 is 2.17 bits per heavy atom. The highest BCUT2D eigenvalue weighted by molar-refractivity contribution is 5.60. The van der Waals surface area contributed by atoms with Crippen molar-refractivity contribution in [2.45, 2.75) is 31.9 Å². The smallest absolute Gasteiger partial charge is 0.142 e. The summed E-state index contributed by atoms with van der Waals surface area (Å²) in [6, 6.07) is 10.1. The first-order valence-corrected chi connectivity index (χ1v) is 6.25. The molecule has 2 rings (SSSR count). The Hall–Kier alpha value is -1.73. The zero-order chi connectivity index (χ0) is 13.2. The third-order valence-corrected chi connectivity index (χ3v) is 3.09. The number of hydrogen-bond donors (Lipinski definition) is 1. The third kappa shape index (κ3) is 2.57. The maximum absolute atomic E-state index is 9.07. The van der Waals surface area contributed by atoms with Crippen molar-refractivity contribution in [3.05, 3.63) is 24.3 Å². The van der Waals surface area contributed by atoms with Gasteiger partial charge in [-0.25, -0.2) is 0 Å². The maximum Gasteiger partial charge on any atom is 0.142 e. The second kappa shape index (κ2) is 4.87. The molecule has 0 amide bonds. The topological polar surface area (TPSA) is 62.3 Å². The van der Waals surface area contributed by atoms with Gasteiger partial charge in [0.15, 0.2) is 0 Å². The number of rotatable bonds is 3. The van der Waals surface area contributed by atoms with E-state index in [9.17, 15) is 0 Å². The Bertz CT molecular complexity index is 466. The van der Waals surface area contributed by atoms with Gasteiger partial charge in [0.25, 0.3) is 0 Å². The van der Waals surface area contributed by atoms with E-state index in [-0.39, 0.29) is 6.10 Å². The molecule has 1 heterocycles. The first-order chi connectivity index (χ1) is 8.54. The second-order valence-corrected chi connectivity index (χ2v) is 5.07. The lowest BCUT2D eigenvalue weighted by atomic mass is 10.0. The van der Waals surface area contributed by atoms with E-state index in [4.69, 9.17) is 15.7 Å². The molecule has 1 fully saturated rings. The molecule has 0 saturated carbocycles. The Kier molecular flexibility index (Phi) is 3.44. The summed E-state index contributed by atoms with van der Waals surface area (Å²) in [6.07, 6.45) is 0.826. The van der Waals surface area contributed by atoms with Crippen LogP contribution in [0, 0.1) is 11.3 Å². The molecule has 1 saturated heterocycles. The molecule has 1 unspecified atom stereocenters. The standard InChI is InChI=1S/C14H19N3O/c1-11(2)18-13-6-4-3-5-12(13)17-8-7-14(16,9-15)10-17/h3-6,11H,7-8,10,16H2,1-2H3. The van der Waals surface area contributed by atoms with Gasteiger partial charge in [0.2, 0.25) is 0 Å². The molecule has 0 bridgehead atoms. The van der Waals surface area contributed by atoms with Gasteiger partial charge in [0.05, 0.1) is 17.9 Å². The molecule has 96 valence electrons. The van der Waals surface area contributed by atoms with Crippen LogP contribution in [0.1, 0.15) is 20.3 Å². The number of benzene rings is 1. The van der Waals surface area contributed by atoms with E-state index in [0.29, 0.717) is 13.0 Å². The number of ether oxygens (including phenoxy) is 1. The van der Waals surface area contributed by atoms with E-state index in [1.165, 1.54) is 0 Å². The van der Waals surface area contributed by atoms with Crippen LogP contribution in [0.25, 0.3) is 0 Å². The number of nitrogens with zero attached hydrogens (tertiary/aromatic N) is 2. The summed E-state index contributed by atoms with van der Waals surface area (Å²) in [6.45, 7) is 5.36. The SMILES string of the molecule is CC(C)Oc1ccccc1N1CCC(N)(C#N)C1. The number of anilines is 1. The molecule has 1 aromatic rings. The first-order valence-electron chi connectivity index (χ1n) is 6.25. The fraction of sp³-hybridized carbons (Fsp3) is 0.500. The van der Waals surface area contributed by atoms with E-state index in [1.807, 2.05) is 38.1 Å². The van der Waals surface area contributed by atoms with Crippen LogP contribution in [0.3, 0.4) is 0 Å². The Labute approximate surface area is 108 Å². The lowest BCUT2D eigenvalue weighted by Crippen LogP contribution is -2.41. The number of hydrogen-bond acceptors (Lipinski definition) is 4. The number of nitrogens with two attached hydrogens (primary N) is 1. The molecule has 1 aromatic carbocycles. The zero-order valence-corrected chi connectivity index (χ0v) is 10.9. The molecule has 18 heavy (non-hydrogen) atoms. The van der Waals surface area contributed by atoms with Crippen LogP contribution in [-0.4, -0.2) is 24.7 Å². The van der Waals surface area contributed by atoms with Gasteiger partial charge >= 0.3 is 0 Å². The van der Waals surface area contributed by atoms with Gasteiger partial charge < -0.3 is 15.4 Å². The normalized spacial score (nSPS) is 23.2. The van der Waals surface area contributed by atoms with Gasteiger partial charge in [-0.2, -0.15) is 5.26 Å². The van der Waals surface area contributed by atoms with E-state index in [2.05, 4.69) is 11.0 Å². The summed E-state index contributed by atoms with van der Waals surface area (Å²) >= 11 is 0. The van der Waals surface area contributed by atoms with Gasteiger partial charge in [0, 0.05) is 13.1 Å². The highest BCUT2D eigenvalue weighted by atomic mass is 16.5. The van der Waals surface area contributed by atoms with E-state index in [0.717, 1.165) is 18.0 Å². The molecular weight excluding hydrogens is 226 g/mol. The van der Waals surface area contributed by atoms with E-state index < -0.39 is 5.54 Å². The van der Waals surface area contributed by atoms with Crippen LogP contribution < -0.4 is 15.4 Å². The van der Waals surface area contributed by atoms with Gasteiger partial charge in [-0.3, -0.25) is 0 Å². The predicted molar refractivity (Wildman–Crippen MR) is 71.6 cm³/mol. The van der Waals surface area contributed by atoms with Crippen molar-refractivity contribution in [2.24, 2.45) is 5.73 Å². The fourth-order valence-electron chi connectivity index (χ4n) is 2.20. The van der Waals surface area contributed by atoms with Crippen molar-refractivity contribution in [2.75, 3.05) is 18.0 Å². The minimum Gasteiger partial charge on any atom is -0.489 e. The molecule has 1 atom stereocenters. The molecular formula is C14H19N3O. The first kappa shape index (κ1) is 12.7.